The molecule has 0 aliphatic heterocycles. The minimum absolute atomic E-state index is 0.265. The number of allylic oxidation sites excluding steroid dienone is 2. The van der Waals surface area contributed by atoms with Crippen molar-refractivity contribution >= 4 is 0 Å². The van der Waals surface area contributed by atoms with Crippen LogP contribution in [0.4, 0.5) is 13.2 Å². The molecule has 0 nitrogen and oxygen atoms in total. The summed E-state index contributed by atoms with van der Waals surface area (Å²) in [7, 11) is 0. The number of rotatable bonds is 5. The summed E-state index contributed by atoms with van der Waals surface area (Å²) in [6.07, 6.45) is 1.99. The lowest BCUT2D eigenvalue weighted by atomic mass is 10.1. The Morgan fingerprint density at radius 1 is 1.08 bits per heavy atom. The Kier molecular flexibility index (Phi) is 5.85. The van der Waals surface area contributed by atoms with Gasteiger partial charge in [-0.1, -0.05) is 18.6 Å². The molecular formula is C9H15F3. The van der Waals surface area contributed by atoms with Crippen molar-refractivity contribution in [3.05, 3.63) is 12.2 Å². The largest absolute Gasteiger partial charge is 0.389 e. The van der Waals surface area contributed by atoms with Crippen LogP contribution in [-0.2, 0) is 0 Å². The van der Waals surface area contributed by atoms with E-state index in [4.69, 9.17) is 0 Å². The molecule has 0 aliphatic carbocycles. The van der Waals surface area contributed by atoms with E-state index in [1.165, 1.54) is 0 Å². The highest BCUT2D eigenvalue weighted by molar-refractivity contribution is 4.76. The summed E-state index contributed by atoms with van der Waals surface area (Å²) in [4.78, 5) is 0. The van der Waals surface area contributed by atoms with Crippen LogP contribution in [0.2, 0.25) is 0 Å². The molecule has 0 aromatic carbocycles. The Labute approximate surface area is 71.5 Å². The highest BCUT2D eigenvalue weighted by Gasteiger charge is 2.25. The number of hydrogen-bond acceptors (Lipinski definition) is 0. The van der Waals surface area contributed by atoms with Crippen LogP contribution in [0, 0.1) is 0 Å². The molecule has 0 atom stereocenters. The van der Waals surface area contributed by atoms with Gasteiger partial charge in [0.1, 0.15) is 0 Å². The summed E-state index contributed by atoms with van der Waals surface area (Å²) >= 11 is 0. The Bertz CT molecular complexity index is 124. The molecule has 3 heteroatoms. The second-order valence-electron chi connectivity index (χ2n) is 2.78. The van der Waals surface area contributed by atoms with Gasteiger partial charge in [-0.05, 0) is 26.2 Å². The van der Waals surface area contributed by atoms with Gasteiger partial charge in [0.2, 0.25) is 0 Å². The maximum Gasteiger partial charge on any atom is 0.389 e. The van der Waals surface area contributed by atoms with Gasteiger partial charge in [-0.25, -0.2) is 0 Å². The van der Waals surface area contributed by atoms with Gasteiger partial charge in [0.15, 0.2) is 0 Å². The molecule has 0 aliphatic rings. The highest BCUT2D eigenvalue weighted by Crippen LogP contribution is 2.22. The molecule has 0 fully saturated rings. The van der Waals surface area contributed by atoms with E-state index < -0.39 is 12.6 Å². The van der Waals surface area contributed by atoms with Crippen LogP contribution < -0.4 is 0 Å². The van der Waals surface area contributed by atoms with Crippen molar-refractivity contribution in [2.45, 2.75) is 45.2 Å². The Morgan fingerprint density at radius 2 is 1.75 bits per heavy atom. The van der Waals surface area contributed by atoms with Crippen molar-refractivity contribution in [3.8, 4) is 0 Å². The lowest BCUT2D eigenvalue weighted by Crippen LogP contribution is -2.06. The summed E-state index contributed by atoms with van der Waals surface area (Å²) in [5.41, 5.74) is 0. The van der Waals surface area contributed by atoms with Gasteiger partial charge in [0, 0.05) is 6.42 Å². The zero-order valence-corrected chi connectivity index (χ0v) is 7.32. The first-order valence-corrected chi connectivity index (χ1v) is 4.24. The van der Waals surface area contributed by atoms with Crippen LogP contribution in [0.3, 0.4) is 0 Å². The van der Waals surface area contributed by atoms with Crippen molar-refractivity contribution in [1.82, 2.24) is 0 Å². The molecule has 0 bridgehead atoms. The van der Waals surface area contributed by atoms with Gasteiger partial charge in [0.05, 0.1) is 0 Å². The first kappa shape index (κ1) is 11.5. The Balaban J connectivity index is 3.11. The maximum atomic E-state index is 11.6. The number of alkyl halides is 3. The summed E-state index contributed by atoms with van der Waals surface area (Å²) in [6.45, 7) is 1.91. The normalized spacial score (nSPS) is 12.7. The third-order valence-corrected chi connectivity index (χ3v) is 1.57. The molecule has 0 radical (unpaired) electrons. The molecule has 0 rings (SSSR count). The molecular weight excluding hydrogens is 165 g/mol. The van der Waals surface area contributed by atoms with Crippen LogP contribution in [0.25, 0.3) is 0 Å². The predicted molar refractivity (Wildman–Crippen MR) is 44.0 cm³/mol. The van der Waals surface area contributed by atoms with E-state index in [1.807, 2.05) is 19.1 Å². The molecule has 0 aromatic heterocycles. The zero-order valence-electron chi connectivity index (χ0n) is 7.32. The fraction of sp³-hybridized carbons (Fsp3) is 0.778. The van der Waals surface area contributed by atoms with E-state index in [0.29, 0.717) is 6.42 Å². The average Bonchev–Trinajstić information content (AvgIpc) is 1.94. The van der Waals surface area contributed by atoms with Crippen LogP contribution in [-0.4, -0.2) is 6.18 Å². The molecule has 72 valence electrons. The second kappa shape index (κ2) is 6.09. The molecule has 0 aromatic rings. The van der Waals surface area contributed by atoms with E-state index in [-0.39, 0.29) is 6.42 Å². The smallest absolute Gasteiger partial charge is 0.171 e. The Hall–Kier alpha value is -0.470. The van der Waals surface area contributed by atoms with E-state index in [2.05, 4.69) is 0 Å². The molecule has 0 N–H and O–H groups in total. The van der Waals surface area contributed by atoms with E-state index in [0.717, 1.165) is 12.8 Å². The maximum absolute atomic E-state index is 11.6. The molecule has 0 spiro atoms. The van der Waals surface area contributed by atoms with Crippen LogP contribution in [0.5, 0.6) is 0 Å². The van der Waals surface area contributed by atoms with Crippen molar-refractivity contribution in [2.75, 3.05) is 0 Å². The van der Waals surface area contributed by atoms with Gasteiger partial charge in [-0.15, -0.1) is 0 Å². The van der Waals surface area contributed by atoms with E-state index in [1.54, 1.807) is 0 Å². The van der Waals surface area contributed by atoms with Gasteiger partial charge < -0.3 is 0 Å². The molecule has 0 amide bonds. The third kappa shape index (κ3) is 9.53. The molecule has 12 heavy (non-hydrogen) atoms. The SMILES string of the molecule is CC=CCCCCCC(F)(F)F. The van der Waals surface area contributed by atoms with Crippen molar-refractivity contribution < 1.29 is 13.2 Å². The van der Waals surface area contributed by atoms with Crippen molar-refractivity contribution in [1.29, 1.82) is 0 Å². The second-order valence-corrected chi connectivity index (χ2v) is 2.78. The van der Waals surface area contributed by atoms with Crippen molar-refractivity contribution in [3.63, 3.8) is 0 Å². The van der Waals surface area contributed by atoms with E-state index >= 15 is 0 Å². The lowest BCUT2D eigenvalue weighted by molar-refractivity contribution is -0.135. The summed E-state index contributed by atoms with van der Waals surface area (Å²) in [6, 6.07) is 0. The van der Waals surface area contributed by atoms with Crippen molar-refractivity contribution in [2.24, 2.45) is 0 Å². The quantitative estimate of drug-likeness (QED) is 0.442. The summed E-state index contributed by atoms with van der Waals surface area (Å²) in [5, 5.41) is 0. The molecule has 0 unspecified atom stereocenters. The highest BCUT2D eigenvalue weighted by atomic mass is 19.4. The topological polar surface area (TPSA) is 0 Å². The average molecular weight is 180 g/mol. The zero-order chi connectivity index (χ0) is 9.45. The number of hydrogen-bond donors (Lipinski definition) is 0. The fourth-order valence-corrected chi connectivity index (χ4v) is 0.931. The number of unbranched alkanes of at least 4 members (excludes halogenated alkanes) is 3. The fourth-order valence-electron chi connectivity index (χ4n) is 0.931. The molecule has 0 saturated heterocycles. The Morgan fingerprint density at radius 3 is 2.25 bits per heavy atom. The standard InChI is InChI=1S/C9H15F3/c1-2-3-4-5-6-7-8-9(10,11)12/h2-3H,4-8H2,1H3. The first-order valence-electron chi connectivity index (χ1n) is 4.24. The minimum Gasteiger partial charge on any atom is -0.171 e. The summed E-state index contributed by atoms with van der Waals surface area (Å²) < 4.78 is 34.9. The van der Waals surface area contributed by atoms with Gasteiger partial charge in [-0.2, -0.15) is 13.2 Å². The first-order chi connectivity index (χ1) is 5.56. The molecule has 0 saturated carbocycles. The minimum atomic E-state index is -3.97. The monoisotopic (exact) mass is 180 g/mol. The van der Waals surface area contributed by atoms with Crippen LogP contribution in [0.1, 0.15) is 39.0 Å². The van der Waals surface area contributed by atoms with Crippen LogP contribution >= 0.6 is 0 Å². The van der Waals surface area contributed by atoms with Gasteiger partial charge in [0.25, 0.3) is 0 Å². The van der Waals surface area contributed by atoms with Gasteiger partial charge in [-0.3, -0.25) is 0 Å². The summed E-state index contributed by atoms with van der Waals surface area (Å²) in [5.74, 6) is 0. The lowest BCUT2D eigenvalue weighted by Gasteiger charge is -2.04. The van der Waals surface area contributed by atoms with Gasteiger partial charge >= 0.3 is 6.18 Å². The number of halogens is 3. The third-order valence-electron chi connectivity index (χ3n) is 1.57. The predicted octanol–water partition coefficient (Wildman–Crippen LogP) is 4.08. The van der Waals surface area contributed by atoms with Crippen LogP contribution in [0.15, 0.2) is 12.2 Å². The van der Waals surface area contributed by atoms with E-state index in [9.17, 15) is 13.2 Å². The molecule has 0 heterocycles.